The lowest BCUT2D eigenvalue weighted by Crippen LogP contribution is -2.46. The first kappa shape index (κ1) is 21.1. The molecule has 1 N–H and O–H groups in total. The zero-order valence-corrected chi connectivity index (χ0v) is 17.9. The largest absolute Gasteiger partial charge is 0.501 e. The van der Waals surface area contributed by atoms with Gasteiger partial charge in [0.05, 0.1) is 0 Å². The molecule has 160 valence electrons. The van der Waals surface area contributed by atoms with Gasteiger partial charge in [-0.1, -0.05) is 29.8 Å². The highest BCUT2D eigenvalue weighted by molar-refractivity contribution is 6.30. The Balaban J connectivity index is 1.83. The van der Waals surface area contributed by atoms with Crippen LogP contribution in [0.5, 0.6) is 5.75 Å². The van der Waals surface area contributed by atoms with Gasteiger partial charge in [-0.3, -0.25) is 9.59 Å². The van der Waals surface area contributed by atoms with Gasteiger partial charge in [0.2, 0.25) is 5.75 Å². The lowest BCUT2D eigenvalue weighted by atomic mass is 9.97. The number of fused-ring (bicyclic) bond motifs is 1. The summed E-state index contributed by atoms with van der Waals surface area (Å²) in [4.78, 5) is 30.9. The average molecular weight is 442 g/mol. The molecule has 2 aromatic carbocycles. The number of carbonyl (C=O) groups is 1. The second-order valence-corrected chi connectivity index (χ2v) is 8.20. The van der Waals surface area contributed by atoms with Gasteiger partial charge in [-0.2, -0.15) is 4.98 Å². The molecule has 1 aliphatic heterocycles. The lowest BCUT2D eigenvalue weighted by Gasteiger charge is -2.34. The van der Waals surface area contributed by atoms with Crippen molar-refractivity contribution in [3.8, 4) is 16.9 Å². The van der Waals surface area contributed by atoms with Crippen molar-refractivity contribution in [3.05, 3.63) is 80.7 Å². The molecule has 1 aliphatic rings. The number of amides is 1. The molecular weight excluding hydrogens is 421 g/mol. The highest BCUT2D eigenvalue weighted by Crippen LogP contribution is 2.30. The summed E-state index contributed by atoms with van der Waals surface area (Å²) in [6, 6.07) is 11.3. The van der Waals surface area contributed by atoms with E-state index in [9.17, 15) is 19.1 Å². The third-order valence-corrected chi connectivity index (χ3v) is 5.68. The number of aromatic nitrogens is 2. The van der Waals surface area contributed by atoms with Crippen LogP contribution in [-0.2, 0) is 13.0 Å². The van der Waals surface area contributed by atoms with Gasteiger partial charge in [0.1, 0.15) is 11.6 Å². The van der Waals surface area contributed by atoms with E-state index >= 15 is 0 Å². The minimum Gasteiger partial charge on any atom is -0.501 e. The first-order chi connectivity index (χ1) is 14.8. The number of hydrogen-bond acceptors (Lipinski definition) is 4. The second kappa shape index (κ2) is 8.15. The van der Waals surface area contributed by atoms with Gasteiger partial charge < -0.3 is 14.6 Å². The van der Waals surface area contributed by atoms with Crippen molar-refractivity contribution < 1.29 is 14.3 Å². The molecule has 1 aromatic heterocycles. The Hall–Kier alpha value is -3.19. The fourth-order valence-electron chi connectivity index (χ4n) is 3.92. The summed E-state index contributed by atoms with van der Waals surface area (Å²) in [5, 5.41) is 10.8. The van der Waals surface area contributed by atoms with Gasteiger partial charge >= 0.3 is 5.56 Å². The van der Waals surface area contributed by atoms with Crippen LogP contribution in [0.25, 0.3) is 11.1 Å². The maximum atomic E-state index is 13.8. The zero-order valence-electron chi connectivity index (χ0n) is 17.1. The van der Waals surface area contributed by atoms with Gasteiger partial charge in [-0.05, 0) is 54.8 Å². The van der Waals surface area contributed by atoms with Gasteiger partial charge in [-0.15, -0.1) is 0 Å². The van der Waals surface area contributed by atoms with E-state index in [1.165, 1.54) is 12.1 Å². The predicted molar refractivity (Wildman–Crippen MR) is 116 cm³/mol. The van der Waals surface area contributed by atoms with Gasteiger partial charge in [-0.25, -0.2) is 4.39 Å². The van der Waals surface area contributed by atoms with Crippen LogP contribution in [-0.4, -0.2) is 38.1 Å². The predicted octanol–water partition coefficient (Wildman–Crippen LogP) is 3.86. The number of halogens is 2. The number of rotatable bonds is 4. The van der Waals surface area contributed by atoms with Crippen LogP contribution in [0.2, 0.25) is 5.02 Å². The molecule has 0 bridgehead atoms. The number of carbonyl (C=O) groups excluding carboxylic acids is 1. The Bertz CT molecular complexity index is 1240. The summed E-state index contributed by atoms with van der Waals surface area (Å²) >= 11 is 6.19. The first-order valence-electron chi connectivity index (χ1n) is 9.94. The molecule has 0 atom stereocenters. The zero-order chi connectivity index (χ0) is 22.3. The van der Waals surface area contributed by atoms with Crippen molar-refractivity contribution in [1.82, 2.24) is 14.5 Å². The summed E-state index contributed by atoms with van der Waals surface area (Å²) < 4.78 is 15.4. The van der Waals surface area contributed by atoms with Gasteiger partial charge in [0.25, 0.3) is 5.91 Å². The van der Waals surface area contributed by atoms with E-state index in [1.54, 1.807) is 39.8 Å². The first-order valence-corrected chi connectivity index (χ1v) is 10.3. The maximum absolute atomic E-state index is 13.8. The van der Waals surface area contributed by atoms with Crippen LogP contribution in [0.3, 0.4) is 0 Å². The minimum atomic E-state index is -0.846. The molecule has 6 nitrogen and oxygen atoms in total. The molecule has 0 aliphatic carbocycles. The van der Waals surface area contributed by atoms with Crippen LogP contribution in [0.1, 0.15) is 35.7 Å². The lowest BCUT2D eigenvalue weighted by molar-refractivity contribution is 0.0638. The van der Waals surface area contributed by atoms with Crippen molar-refractivity contribution in [1.29, 1.82) is 0 Å². The normalized spacial score (nSPS) is 13.6. The number of benzene rings is 2. The van der Waals surface area contributed by atoms with Crippen LogP contribution in [0, 0.1) is 5.82 Å². The Morgan fingerprint density at radius 2 is 1.94 bits per heavy atom. The van der Waals surface area contributed by atoms with Crippen molar-refractivity contribution >= 4 is 17.5 Å². The highest BCUT2D eigenvalue weighted by Gasteiger charge is 2.32. The molecule has 1 amide bonds. The number of aromatic hydroxyl groups is 1. The Morgan fingerprint density at radius 1 is 1.16 bits per heavy atom. The molecular formula is C23H21ClFN3O3. The van der Waals surface area contributed by atoms with E-state index in [4.69, 9.17) is 11.6 Å². The molecule has 0 saturated carbocycles. The van der Waals surface area contributed by atoms with Crippen LogP contribution < -0.4 is 5.56 Å². The van der Waals surface area contributed by atoms with Crippen molar-refractivity contribution in [3.63, 3.8) is 0 Å². The second-order valence-electron chi connectivity index (χ2n) is 7.76. The summed E-state index contributed by atoms with van der Waals surface area (Å²) in [5.41, 5.74) is 1.22. The van der Waals surface area contributed by atoms with Crippen LogP contribution >= 0.6 is 11.6 Å². The fourth-order valence-corrected chi connectivity index (χ4v) is 4.09. The fraction of sp³-hybridized carbons (Fsp3) is 0.261. The Morgan fingerprint density at radius 3 is 2.65 bits per heavy atom. The molecule has 2 heterocycles. The number of nitrogens with zero attached hydrogens (tertiary/aromatic N) is 3. The molecule has 0 unspecified atom stereocenters. The quantitative estimate of drug-likeness (QED) is 0.667. The van der Waals surface area contributed by atoms with E-state index < -0.39 is 17.2 Å². The molecule has 3 aromatic rings. The summed E-state index contributed by atoms with van der Waals surface area (Å²) in [6.45, 7) is 4.60. The Labute approximate surface area is 183 Å². The van der Waals surface area contributed by atoms with Gasteiger partial charge in [0.15, 0.2) is 5.69 Å². The monoisotopic (exact) mass is 441 g/mol. The maximum Gasteiger partial charge on any atom is 0.315 e. The van der Waals surface area contributed by atoms with Crippen LogP contribution in [0.4, 0.5) is 4.39 Å². The average Bonchev–Trinajstić information content (AvgIpc) is 2.72. The number of hydrogen-bond donors (Lipinski definition) is 1. The van der Waals surface area contributed by atoms with Gasteiger partial charge in [0, 0.05) is 30.6 Å². The van der Waals surface area contributed by atoms with Crippen molar-refractivity contribution in [2.45, 2.75) is 32.9 Å². The van der Waals surface area contributed by atoms with E-state index in [-0.39, 0.29) is 24.0 Å². The molecule has 0 saturated heterocycles. The topological polar surface area (TPSA) is 75.4 Å². The molecule has 31 heavy (non-hydrogen) atoms. The highest BCUT2D eigenvalue weighted by atomic mass is 35.5. The standard InChI is InChI=1S/C23H21ClFN3O3/c1-13(2)27-8-9-28-19(26-22(30)21(29)20(28)23(27)31)11-15-6-7-16(24)12-18(15)14-4-3-5-17(25)10-14/h3-7,10,12-13,29H,8-9,11H2,1-2H3. The van der Waals surface area contributed by atoms with E-state index in [1.807, 2.05) is 13.8 Å². The molecule has 0 spiro atoms. The minimum absolute atomic E-state index is 0.0452. The summed E-state index contributed by atoms with van der Waals surface area (Å²) in [6.07, 6.45) is 0.209. The SMILES string of the molecule is CC(C)N1CCn2c(Cc3ccc(Cl)cc3-c3cccc(F)c3)nc(=O)c(O)c2C1=O. The molecule has 0 fully saturated rings. The van der Waals surface area contributed by atoms with E-state index in [2.05, 4.69) is 4.98 Å². The van der Waals surface area contributed by atoms with Crippen molar-refractivity contribution in [2.75, 3.05) is 6.54 Å². The Kier molecular flexibility index (Phi) is 5.54. The van der Waals surface area contributed by atoms with E-state index in [0.29, 0.717) is 35.1 Å². The molecule has 4 rings (SSSR count). The third-order valence-electron chi connectivity index (χ3n) is 5.45. The summed E-state index contributed by atoms with van der Waals surface area (Å²) in [7, 11) is 0. The summed E-state index contributed by atoms with van der Waals surface area (Å²) in [5.74, 6) is -1.06. The van der Waals surface area contributed by atoms with E-state index in [0.717, 1.165) is 5.56 Å². The van der Waals surface area contributed by atoms with Crippen molar-refractivity contribution in [2.24, 2.45) is 0 Å². The third kappa shape index (κ3) is 3.93. The molecule has 8 heteroatoms. The molecule has 0 radical (unpaired) electrons. The smallest absolute Gasteiger partial charge is 0.315 e. The van der Waals surface area contributed by atoms with Crippen LogP contribution in [0.15, 0.2) is 47.3 Å².